The Morgan fingerprint density at radius 1 is 1.50 bits per heavy atom. The minimum absolute atomic E-state index is 0.772. The zero-order valence-electron chi connectivity index (χ0n) is 10.5. The van der Waals surface area contributed by atoms with Crippen LogP contribution in [-0.4, -0.2) is 41.4 Å². The molecule has 0 amide bonds. The third-order valence-electron chi connectivity index (χ3n) is 2.76. The van der Waals surface area contributed by atoms with Crippen LogP contribution in [0.3, 0.4) is 0 Å². The number of aromatic nitrogens is 2. The van der Waals surface area contributed by atoms with Crippen molar-refractivity contribution in [3.8, 4) is 0 Å². The van der Waals surface area contributed by atoms with E-state index in [0.29, 0.717) is 0 Å². The molecule has 0 aliphatic rings. The van der Waals surface area contributed by atoms with E-state index >= 15 is 0 Å². The molecule has 16 heavy (non-hydrogen) atoms. The quantitative estimate of drug-likeness (QED) is 0.769. The minimum atomic E-state index is 0.772. The lowest BCUT2D eigenvalue weighted by Crippen LogP contribution is -2.29. The fourth-order valence-electron chi connectivity index (χ4n) is 1.51. The van der Waals surface area contributed by atoms with Crippen LogP contribution in [0.25, 0.3) is 0 Å². The molecule has 5 heteroatoms. The van der Waals surface area contributed by atoms with Crippen molar-refractivity contribution in [1.82, 2.24) is 20.0 Å². The highest BCUT2D eigenvalue weighted by Crippen LogP contribution is 2.18. The fraction of sp³-hybridized carbons (Fsp3) is 0.727. The van der Waals surface area contributed by atoms with Crippen LogP contribution >= 0.6 is 11.6 Å². The van der Waals surface area contributed by atoms with Crippen LogP contribution in [0, 0.1) is 6.92 Å². The van der Waals surface area contributed by atoms with Crippen LogP contribution in [0.1, 0.15) is 18.3 Å². The van der Waals surface area contributed by atoms with Gasteiger partial charge >= 0.3 is 0 Å². The van der Waals surface area contributed by atoms with Gasteiger partial charge in [-0.1, -0.05) is 18.5 Å². The summed E-state index contributed by atoms with van der Waals surface area (Å²) < 4.78 is 1.84. The highest BCUT2D eigenvalue weighted by molar-refractivity contribution is 6.31. The second kappa shape index (κ2) is 6.23. The van der Waals surface area contributed by atoms with Gasteiger partial charge < -0.3 is 10.2 Å². The summed E-state index contributed by atoms with van der Waals surface area (Å²) in [5, 5.41) is 8.43. The van der Waals surface area contributed by atoms with Crippen molar-refractivity contribution < 1.29 is 0 Å². The maximum Gasteiger partial charge on any atom is 0.0860 e. The van der Waals surface area contributed by atoms with Crippen molar-refractivity contribution in [2.45, 2.75) is 20.4 Å². The smallest absolute Gasteiger partial charge is 0.0860 e. The van der Waals surface area contributed by atoms with Gasteiger partial charge in [-0.25, -0.2) is 0 Å². The van der Waals surface area contributed by atoms with E-state index in [2.05, 4.69) is 29.3 Å². The Bertz CT molecular complexity index is 335. The van der Waals surface area contributed by atoms with Crippen LogP contribution in [0.5, 0.6) is 0 Å². The normalized spacial score (nSPS) is 11.4. The Labute approximate surface area is 103 Å². The number of rotatable bonds is 6. The van der Waals surface area contributed by atoms with Crippen molar-refractivity contribution in [2.24, 2.45) is 7.05 Å². The summed E-state index contributed by atoms with van der Waals surface area (Å²) in [6.07, 6.45) is 0. The highest BCUT2D eigenvalue weighted by atomic mass is 35.5. The highest BCUT2D eigenvalue weighted by Gasteiger charge is 2.09. The molecule has 0 aliphatic carbocycles. The van der Waals surface area contributed by atoms with Gasteiger partial charge in [-0.2, -0.15) is 5.10 Å². The molecule has 0 aliphatic heterocycles. The summed E-state index contributed by atoms with van der Waals surface area (Å²) in [5.74, 6) is 0. The first kappa shape index (κ1) is 13.5. The summed E-state index contributed by atoms with van der Waals surface area (Å²) >= 11 is 6.15. The van der Waals surface area contributed by atoms with E-state index in [0.717, 1.165) is 42.6 Å². The first-order chi connectivity index (χ1) is 7.56. The van der Waals surface area contributed by atoms with Gasteiger partial charge in [0.1, 0.15) is 0 Å². The third kappa shape index (κ3) is 3.47. The number of aryl methyl sites for hydroxylation is 2. The molecule has 1 rings (SSSR count). The van der Waals surface area contributed by atoms with Gasteiger partial charge in [-0.3, -0.25) is 4.68 Å². The van der Waals surface area contributed by atoms with Crippen LogP contribution < -0.4 is 5.32 Å². The van der Waals surface area contributed by atoms with Crippen molar-refractivity contribution in [3.63, 3.8) is 0 Å². The summed E-state index contributed by atoms with van der Waals surface area (Å²) in [6.45, 7) is 7.94. The molecule has 0 atom stereocenters. The molecule has 4 nitrogen and oxygen atoms in total. The maximum absolute atomic E-state index is 6.15. The lowest BCUT2D eigenvalue weighted by atomic mass is 10.3. The summed E-state index contributed by atoms with van der Waals surface area (Å²) in [7, 11) is 4.04. The Kier molecular flexibility index (Phi) is 5.25. The molecule has 1 N–H and O–H groups in total. The molecule has 92 valence electrons. The monoisotopic (exact) mass is 244 g/mol. The van der Waals surface area contributed by atoms with Crippen LogP contribution in [0.4, 0.5) is 0 Å². The molecule has 0 fully saturated rings. The average molecular weight is 245 g/mol. The Balaban J connectivity index is 2.37. The van der Waals surface area contributed by atoms with Crippen molar-refractivity contribution in [2.75, 3.05) is 26.7 Å². The van der Waals surface area contributed by atoms with Crippen LogP contribution in [0.15, 0.2) is 0 Å². The topological polar surface area (TPSA) is 33.1 Å². The van der Waals surface area contributed by atoms with Gasteiger partial charge in [-0.05, 0) is 20.5 Å². The predicted molar refractivity (Wildman–Crippen MR) is 67.8 cm³/mol. The standard InChI is InChI=1S/C11H21ClN4/c1-5-15(3)7-6-13-8-10-11(12)9(2)14-16(10)4/h13H,5-8H2,1-4H3. The number of hydrogen-bond acceptors (Lipinski definition) is 3. The predicted octanol–water partition coefficient (Wildman–Crippen LogP) is 1.42. The number of nitrogens with one attached hydrogen (secondary N) is 1. The molecule has 1 aromatic heterocycles. The van der Waals surface area contributed by atoms with Gasteiger partial charge in [-0.15, -0.1) is 0 Å². The average Bonchev–Trinajstić information content (AvgIpc) is 2.49. The van der Waals surface area contributed by atoms with E-state index in [4.69, 9.17) is 11.6 Å². The fourth-order valence-corrected chi connectivity index (χ4v) is 1.73. The third-order valence-corrected chi connectivity index (χ3v) is 3.26. The number of likely N-dealkylation sites (N-methyl/N-ethyl adjacent to an activating group) is 1. The number of hydrogen-bond donors (Lipinski definition) is 1. The molecule has 0 saturated carbocycles. The Morgan fingerprint density at radius 2 is 2.19 bits per heavy atom. The van der Waals surface area contributed by atoms with E-state index in [9.17, 15) is 0 Å². The summed E-state index contributed by atoms with van der Waals surface area (Å²) in [4.78, 5) is 2.27. The second-order valence-electron chi connectivity index (χ2n) is 4.04. The first-order valence-corrected chi connectivity index (χ1v) is 6.01. The number of nitrogens with zero attached hydrogens (tertiary/aromatic N) is 3. The molecule has 0 radical (unpaired) electrons. The van der Waals surface area contributed by atoms with Gasteiger partial charge in [0.05, 0.1) is 16.4 Å². The molecule has 0 spiro atoms. The molecule has 0 saturated heterocycles. The minimum Gasteiger partial charge on any atom is -0.310 e. The van der Waals surface area contributed by atoms with Crippen LogP contribution in [0.2, 0.25) is 5.02 Å². The largest absolute Gasteiger partial charge is 0.310 e. The van der Waals surface area contributed by atoms with Crippen molar-refractivity contribution in [1.29, 1.82) is 0 Å². The molecule has 1 heterocycles. The van der Waals surface area contributed by atoms with Gasteiger partial charge in [0.15, 0.2) is 0 Å². The molecular weight excluding hydrogens is 224 g/mol. The first-order valence-electron chi connectivity index (χ1n) is 5.63. The summed E-state index contributed by atoms with van der Waals surface area (Å²) in [5.41, 5.74) is 1.95. The maximum atomic E-state index is 6.15. The second-order valence-corrected chi connectivity index (χ2v) is 4.42. The van der Waals surface area contributed by atoms with Crippen LogP contribution in [-0.2, 0) is 13.6 Å². The molecular formula is C11H21ClN4. The van der Waals surface area contributed by atoms with E-state index in [1.54, 1.807) is 0 Å². The van der Waals surface area contributed by atoms with Crippen molar-refractivity contribution in [3.05, 3.63) is 16.4 Å². The molecule has 0 aromatic carbocycles. The van der Waals surface area contributed by atoms with E-state index in [1.165, 1.54) is 0 Å². The number of halogens is 1. The van der Waals surface area contributed by atoms with Gasteiger partial charge in [0.25, 0.3) is 0 Å². The van der Waals surface area contributed by atoms with Crippen molar-refractivity contribution >= 4 is 11.6 Å². The Hall–Kier alpha value is -0.580. The zero-order chi connectivity index (χ0) is 12.1. The molecule has 1 aromatic rings. The summed E-state index contributed by atoms with van der Waals surface area (Å²) in [6, 6.07) is 0. The van der Waals surface area contributed by atoms with Gasteiger partial charge in [0, 0.05) is 26.7 Å². The lowest BCUT2D eigenvalue weighted by molar-refractivity contribution is 0.348. The van der Waals surface area contributed by atoms with E-state index < -0.39 is 0 Å². The molecule has 0 bridgehead atoms. The lowest BCUT2D eigenvalue weighted by Gasteiger charge is -2.14. The van der Waals surface area contributed by atoms with E-state index in [1.807, 2.05) is 18.7 Å². The zero-order valence-corrected chi connectivity index (χ0v) is 11.3. The molecule has 0 unspecified atom stereocenters. The SMILES string of the molecule is CCN(C)CCNCc1c(Cl)c(C)nn1C. The Morgan fingerprint density at radius 3 is 2.69 bits per heavy atom. The van der Waals surface area contributed by atoms with Gasteiger partial charge in [0.2, 0.25) is 0 Å². The van der Waals surface area contributed by atoms with E-state index in [-0.39, 0.29) is 0 Å².